The van der Waals surface area contributed by atoms with Gasteiger partial charge in [-0.1, -0.05) is 17.1 Å². The molecule has 1 atom stereocenters. The Morgan fingerprint density at radius 1 is 1.31 bits per heavy atom. The van der Waals surface area contributed by atoms with Gasteiger partial charge in [-0.15, -0.1) is 11.3 Å². The van der Waals surface area contributed by atoms with Gasteiger partial charge in [0, 0.05) is 27.9 Å². The molecular weight excluding hydrogens is 405 g/mol. The highest BCUT2D eigenvalue weighted by Gasteiger charge is 2.38. The number of guanidine groups is 1. The maximum Gasteiger partial charge on any atom is 0.231 e. The first-order valence-electron chi connectivity index (χ1n) is 9.23. The molecule has 3 aromatic rings. The molecule has 1 fully saturated rings. The SMILES string of the molecule is Bc1csc2c(-c3cc(OC)ccc3Cl)cc([C@]3(C)CC(=O)N(C)C(=N)N3)cc12. The first kappa shape index (κ1) is 19.8. The van der Waals surface area contributed by atoms with Gasteiger partial charge in [-0.2, -0.15) is 0 Å². The number of nitrogens with one attached hydrogen (secondary N) is 2. The van der Waals surface area contributed by atoms with Gasteiger partial charge in [0.25, 0.3) is 0 Å². The Kier molecular flexibility index (Phi) is 4.83. The van der Waals surface area contributed by atoms with Crippen molar-refractivity contribution in [2.45, 2.75) is 18.9 Å². The van der Waals surface area contributed by atoms with Crippen LogP contribution < -0.4 is 15.5 Å². The number of ether oxygens (including phenoxy) is 1. The summed E-state index contributed by atoms with van der Waals surface area (Å²) >= 11 is 8.25. The molecule has 0 aliphatic carbocycles. The van der Waals surface area contributed by atoms with Gasteiger partial charge in [0.2, 0.25) is 5.91 Å². The molecule has 5 nitrogen and oxygen atoms in total. The number of nitrogens with zero attached hydrogens (tertiary/aromatic N) is 1. The Morgan fingerprint density at radius 2 is 2.07 bits per heavy atom. The van der Waals surface area contributed by atoms with Crippen LogP contribution in [0.25, 0.3) is 21.2 Å². The van der Waals surface area contributed by atoms with Crippen molar-refractivity contribution in [3.63, 3.8) is 0 Å². The Labute approximate surface area is 179 Å². The van der Waals surface area contributed by atoms with Gasteiger partial charge >= 0.3 is 0 Å². The number of hydrogen-bond acceptors (Lipinski definition) is 4. The zero-order valence-corrected chi connectivity index (χ0v) is 18.3. The molecular formula is C21H21BClN3O2S. The van der Waals surface area contributed by atoms with E-state index in [9.17, 15) is 4.79 Å². The van der Waals surface area contributed by atoms with Crippen molar-refractivity contribution in [1.29, 1.82) is 5.41 Å². The number of rotatable bonds is 3. The van der Waals surface area contributed by atoms with Gasteiger partial charge < -0.3 is 10.1 Å². The molecule has 2 aromatic carbocycles. The molecule has 148 valence electrons. The standard InChI is InChI=1S/C21H21BClN3O2S/c1-21(9-18(27)26(2)20(24)25-21)11-6-14(19-15(7-11)16(22)10-29-19)13-8-12(28-3)4-5-17(13)23/h4-8,10H,9,22H2,1-3H3,(H2,24,25)/t21-/m0/s1. The van der Waals surface area contributed by atoms with Gasteiger partial charge in [0.1, 0.15) is 13.6 Å². The van der Waals surface area contributed by atoms with Crippen molar-refractivity contribution in [1.82, 2.24) is 10.2 Å². The van der Waals surface area contributed by atoms with Crippen LogP contribution in [-0.2, 0) is 10.3 Å². The maximum atomic E-state index is 12.5. The zero-order chi connectivity index (χ0) is 20.9. The second kappa shape index (κ2) is 7.08. The van der Waals surface area contributed by atoms with Crippen LogP contribution in [0.5, 0.6) is 5.75 Å². The predicted molar refractivity (Wildman–Crippen MR) is 123 cm³/mol. The molecule has 1 aliphatic rings. The highest BCUT2D eigenvalue weighted by atomic mass is 35.5. The molecule has 29 heavy (non-hydrogen) atoms. The molecule has 0 spiro atoms. The molecule has 1 saturated heterocycles. The number of fused-ring (bicyclic) bond motifs is 1. The summed E-state index contributed by atoms with van der Waals surface area (Å²) in [5.41, 5.74) is 3.33. The minimum absolute atomic E-state index is 0.0839. The van der Waals surface area contributed by atoms with E-state index >= 15 is 0 Å². The molecule has 8 heteroatoms. The van der Waals surface area contributed by atoms with Gasteiger partial charge in [0.05, 0.1) is 19.1 Å². The van der Waals surface area contributed by atoms with Gasteiger partial charge in [-0.3, -0.25) is 15.1 Å². The molecule has 4 rings (SSSR count). The fraction of sp³-hybridized carbons (Fsp3) is 0.238. The van der Waals surface area contributed by atoms with Crippen molar-refractivity contribution in [2.75, 3.05) is 14.2 Å². The Balaban J connectivity index is 1.96. The van der Waals surface area contributed by atoms with Crippen LogP contribution >= 0.6 is 22.9 Å². The Morgan fingerprint density at radius 3 is 2.76 bits per heavy atom. The topological polar surface area (TPSA) is 65.4 Å². The van der Waals surface area contributed by atoms with Crippen LogP contribution in [-0.4, -0.2) is 38.8 Å². The molecule has 0 radical (unpaired) electrons. The third-order valence-electron chi connectivity index (χ3n) is 5.58. The lowest BCUT2D eigenvalue weighted by Crippen LogP contribution is -2.58. The smallest absolute Gasteiger partial charge is 0.231 e. The normalized spacial score (nSPS) is 19.5. The summed E-state index contributed by atoms with van der Waals surface area (Å²) in [5, 5.41) is 15.3. The van der Waals surface area contributed by atoms with E-state index in [0.29, 0.717) is 5.02 Å². The lowest BCUT2D eigenvalue weighted by molar-refractivity contribution is -0.129. The predicted octanol–water partition coefficient (Wildman–Crippen LogP) is 3.09. The lowest BCUT2D eigenvalue weighted by atomic mass is 9.82. The highest BCUT2D eigenvalue weighted by molar-refractivity contribution is 7.19. The monoisotopic (exact) mass is 425 g/mol. The Bertz CT molecular complexity index is 1140. The number of carbonyl (C=O) groups is 1. The number of halogens is 1. The van der Waals surface area contributed by atoms with E-state index in [-0.39, 0.29) is 18.3 Å². The second-order valence-corrected chi connectivity index (χ2v) is 8.89. The minimum Gasteiger partial charge on any atom is -0.497 e. The fourth-order valence-corrected chi connectivity index (χ4v) is 5.01. The lowest BCUT2D eigenvalue weighted by Gasteiger charge is -2.40. The molecule has 2 N–H and O–H groups in total. The molecule has 1 aromatic heterocycles. The minimum atomic E-state index is -0.677. The van der Waals surface area contributed by atoms with E-state index in [1.807, 2.05) is 25.1 Å². The zero-order valence-electron chi connectivity index (χ0n) is 16.7. The van der Waals surface area contributed by atoms with Gasteiger partial charge in [-0.25, -0.2) is 0 Å². The number of hydrogen-bond donors (Lipinski definition) is 2. The quantitative estimate of drug-likeness (QED) is 0.634. The summed E-state index contributed by atoms with van der Waals surface area (Å²) in [6.45, 7) is 1.96. The molecule has 0 saturated carbocycles. The van der Waals surface area contributed by atoms with Crippen molar-refractivity contribution in [3.8, 4) is 16.9 Å². The van der Waals surface area contributed by atoms with Crippen LogP contribution in [0.15, 0.2) is 35.7 Å². The second-order valence-electron chi connectivity index (χ2n) is 7.60. The van der Waals surface area contributed by atoms with Crippen molar-refractivity contribution in [2.24, 2.45) is 0 Å². The van der Waals surface area contributed by atoms with Crippen LogP contribution in [0.2, 0.25) is 5.02 Å². The highest BCUT2D eigenvalue weighted by Crippen LogP contribution is 2.41. The van der Waals surface area contributed by atoms with E-state index in [0.717, 1.165) is 32.5 Å². The van der Waals surface area contributed by atoms with Crippen LogP contribution in [0.4, 0.5) is 0 Å². The summed E-state index contributed by atoms with van der Waals surface area (Å²) < 4.78 is 6.55. The number of thiophene rings is 1. The summed E-state index contributed by atoms with van der Waals surface area (Å²) in [7, 11) is 5.33. The third-order valence-corrected chi connectivity index (χ3v) is 7.05. The summed E-state index contributed by atoms with van der Waals surface area (Å²) in [6, 6.07) is 9.82. The van der Waals surface area contributed by atoms with E-state index in [1.165, 1.54) is 10.4 Å². The van der Waals surface area contributed by atoms with Crippen LogP contribution in [0.1, 0.15) is 18.9 Å². The molecule has 2 heterocycles. The first-order chi connectivity index (χ1) is 13.7. The van der Waals surface area contributed by atoms with Crippen molar-refractivity contribution >= 4 is 58.2 Å². The van der Waals surface area contributed by atoms with E-state index in [2.05, 4.69) is 30.7 Å². The van der Waals surface area contributed by atoms with Crippen molar-refractivity contribution in [3.05, 3.63) is 46.3 Å². The number of benzene rings is 2. The van der Waals surface area contributed by atoms with Crippen LogP contribution in [0, 0.1) is 5.41 Å². The summed E-state index contributed by atoms with van der Waals surface area (Å²) in [6.07, 6.45) is 0.270. The maximum absolute atomic E-state index is 12.5. The fourth-order valence-electron chi connectivity index (χ4n) is 3.73. The summed E-state index contributed by atoms with van der Waals surface area (Å²) in [4.78, 5) is 13.8. The van der Waals surface area contributed by atoms with Gasteiger partial charge in [0.15, 0.2) is 5.96 Å². The molecule has 1 aliphatic heterocycles. The van der Waals surface area contributed by atoms with Crippen LogP contribution in [0.3, 0.4) is 0 Å². The number of amides is 1. The van der Waals surface area contributed by atoms with Crippen molar-refractivity contribution < 1.29 is 9.53 Å². The van der Waals surface area contributed by atoms with E-state index in [1.54, 1.807) is 25.5 Å². The largest absolute Gasteiger partial charge is 0.497 e. The molecule has 0 unspecified atom stereocenters. The summed E-state index contributed by atoms with van der Waals surface area (Å²) in [5.74, 6) is 0.753. The van der Waals surface area contributed by atoms with E-state index < -0.39 is 5.54 Å². The number of methoxy groups -OCH3 is 1. The third kappa shape index (κ3) is 3.28. The molecule has 1 amide bonds. The van der Waals surface area contributed by atoms with E-state index in [4.69, 9.17) is 21.7 Å². The van der Waals surface area contributed by atoms with Gasteiger partial charge in [-0.05, 0) is 53.6 Å². The first-order valence-corrected chi connectivity index (χ1v) is 10.5. The average molecular weight is 426 g/mol. The average Bonchev–Trinajstić information content (AvgIpc) is 3.07. The number of carbonyl (C=O) groups excluding carboxylic acids is 1. The Hall–Kier alpha value is -2.51. The molecule has 0 bridgehead atoms.